The van der Waals surface area contributed by atoms with E-state index in [1.54, 1.807) is 55.6 Å². The van der Waals surface area contributed by atoms with Crippen LogP contribution >= 0.6 is 11.3 Å². The fourth-order valence-electron chi connectivity index (χ4n) is 3.82. The number of hydrogen-bond donors (Lipinski definition) is 4. The lowest BCUT2D eigenvalue weighted by Gasteiger charge is -2.25. The minimum Gasteiger partial charge on any atom is -0.497 e. The Morgan fingerprint density at radius 1 is 0.972 bits per heavy atom. The summed E-state index contributed by atoms with van der Waals surface area (Å²) in [4.78, 5) is 43.4. The molecule has 1 saturated heterocycles. The molecule has 36 heavy (non-hydrogen) atoms. The minimum atomic E-state index is -0.754. The highest BCUT2D eigenvalue weighted by atomic mass is 32.1. The van der Waals surface area contributed by atoms with Crippen LogP contribution in [0.4, 0.5) is 21.5 Å². The second-order valence-electron chi connectivity index (χ2n) is 8.33. The number of nitrogens with zero attached hydrogens (tertiary/aromatic N) is 2. The van der Waals surface area contributed by atoms with E-state index in [4.69, 9.17) is 10.5 Å². The van der Waals surface area contributed by atoms with Crippen LogP contribution in [0.3, 0.4) is 0 Å². The molecule has 1 aliphatic rings. The minimum absolute atomic E-state index is 0.0362. The number of benzene rings is 2. The molecule has 4 rings (SSSR count). The molecule has 0 spiro atoms. The smallest absolute Gasteiger partial charge is 0.270 e. The van der Waals surface area contributed by atoms with E-state index < -0.39 is 11.8 Å². The lowest BCUT2D eigenvalue weighted by molar-refractivity contribution is -0.117. The lowest BCUT2D eigenvalue weighted by Crippen LogP contribution is -2.36. The van der Waals surface area contributed by atoms with Crippen LogP contribution in [0.1, 0.15) is 40.1 Å². The van der Waals surface area contributed by atoms with Crippen molar-refractivity contribution in [1.82, 2.24) is 9.88 Å². The highest BCUT2D eigenvalue weighted by Gasteiger charge is 2.19. The van der Waals surface area contributed by atoms with E-state index in [9.17, 15) is 14.4 Å². The topological polar surface area (TPSA) is 139 Å². The van der Waals surface area contributed by atoms with Gasteiger partial charge in [-0.3, -0.25) is 19.3 Å². The first kappa shape index (κ1) is 25.1. The quantitative estimate of drug-likeness (QED) is 0.346. The number of rotatable bonds is 9. The Bertz CT molecular complexity index is 1220. The van der Waals surface area contributed by atoms with Crippen molar-refractivity contribution >= 4 is 50.6 Å². The van der Waals surface area contributed by atoms with Gasteiger partial charge in [0, 0.05) is 16.9 Å². The number of aromatic nitrogens is 1. The van der Waals surface area contributed by atoms with Gasteiger partial charge in [0.1, 0.15) is 10.8 Å². The predicted octanol–water partition coefficient (Wildman–Crippen LogP) is 3.67. The van der Waals surface area contributed by atoms with Gasteiger partial charge in [-0.05, 0) is 74.5 Å². The number of primary amides is 1. The van der Waals surface area contributed by atoms with Gasteiger partial charge in [0.25, 0.3) is 11.8 Å². The molecular weight excluding hydrogens is 480 g/mol. The number of piperidine rings is 1. The standard InChI is InChI=1S/C25H28N6O4S/c1-35-19-11-9-18(10-12-19)28-25-29-21(22(26)33)24(36-25)30-23(34)16-5-7-17(8-6-16)27-20(32)15-31-13-3-2-4-14-31/h5-12H,2-4,13-15H2,1H3,(H2,26,33)(H,27,32)(H,28,29)(H,30,34). The maximum atomic E-state index is 12.8. The Hall–Kier alpha value is -3.96. The molecule has 2 aromatic carbocycles. The third kappa shape index (κ3) is 6.58. The van der Waals surface area contributed by atoms with Crippen molar-refractivity contribution < 1.29 is 19.1 Å². The molecule has 3 aromatic rings. The summed E-state index contributed by atoms with van der Waals surface area (Å²) in [5.41, 5.74) is 7.13. The number of thiazole rings is 1. The van der Waals surface area contributed by atoms with Crippen LogP contribution in [0.25, 0.3) is 0 Å². The SMILES string of the molecule is COc1ccc(Nc2nc(C(N)=O)c(NC(=O)c3ccc(NC(=O)CN4CCCCC4)cc3)s2)cc1. The maximum Gasteiger partial charge on any atom is 0.270 e. The summed E-state index contributed by atoms with van der Waals surface area (Å²) in [7, 11) is 1.58. The molecule has 1 aliphatic heterocycles. The normalized spacial score (nSPS) is 13.6. The third-order valence-electron chi connectivity index (χ3n) is 5.68. The number of carbonyl (C=O) groups excluding carboxylic acids is 3. The van der Waals surface area contributed by atoms with Gasteiger partial charge in [-0.25, -0.2) is 4.98 Å². The Morgan fingerprint density at radius 3 is 2.28 bits per heavy atom. The fourth-order valence-corrected chi connectivity index (χ4v) is 4.71. The number of likely N-dealkylation sites (tertiary alicyclic amines) is 1. The molecule has 3 amide bonds. The average Bonchev–Trinajstić information content (AvgIpc) is 3.27. The highest BCUT2D eigenvalue weighted by Crippen LogP contribution is 2.31. The summed E-state index contributed by atoms with van der Waals surface area (Å²) in [6, 6.07) is 13.7. The summed E-state index contributed by atoms with van der Waals surface area (Å²) in [5, 5.41) is 9.30. The molecule has 1 aromatic heterocycles. The van der Waals surface area contributed by atoms with Gasteiger partial charge in [0.05, 0.1) is 13.7 Å². The number of nitrogens with two attached hydrogens (primary N) is 1. The van der Waals surface area contributed by atoms with Gasteiger partial charge in [-0.15, -0.1) is 0 Å². The van der Waals surface area contributed by atoms with Crippen molar-refractivity contribution in [3.8, 4) is 5.75 Å². The molecule has 0 bridgehead atoms. The molecule has 2 heterocycles. The molecular formula is C25H28N6O4S. The van der Waals surface area contributed by atoms with E-state index in [0.29, 0.717) is 28.7 Å². The van der Waals surface area contributed by atoms with Crippen molar-refractivity contribution in [3.63, 3.8) is 0 Å². The van der Waals surface area contributed by atoms with Gasteiger partial charge in [-0.1, -0.05) is 17.8 Å². The van der Waals surface area contributed by atoms with Gasteiger partial charge < -0.3 is 26.4 Å². The summed E-state index contributed by atoms with van der Waals surface area (Å²) in [6.07, 6.45) is 3.45. The van der Waals surface area contributed by atoms with Gasteiger partial charge in [0.15, 0.2) is 10.8 Å². The maximum absolute atomic E-state index is 12.8. The first-order chi connectivity index (χ1) is 17.4. The van der Waals surface area contributed by atoms with Gasteiger partial charge in [0.2, 0.25) is 5.91 Å². The number of hydrogen-bond acceptors (Lipinski definition) is 8. The fraction of sp³-hybridized carbons (Fsp3) is 0.280. The predicted molar refractivity (Wildman–Crippen MR) is 140 cm³/mol. The zero-order valence-electron chi connectivity index (χ0n) is 19.9. The number of methoxy groups -OCH3 is 1. The first-order valence-electron chi connectivity index (χ1n) is 11.6. The van der Waals surface area contributed by atoms with E-state index >= 15 is 0 Å². The molecule has 0 saturated carbocycles. The van der Waals surface area contributed by atoms with Crippen molar-refractivity contribution in [2.24, 2.45) is 5.73 Å². The average molecular weight is 509 g/mol. The Morgan fingerprint density at radius 2 is 1.64 bits per heavy atom. The van der Waals surface area contributed by atoms with E-state index in [2.05, 4.69) is 25.8 Å². The molecule has 0 radical (unpaired) electrons. The molecule has 188 valence electrons. The van der Waals surface area contributed by atoms with Crippen LogP contribution in [0.5, 0.6) is 5.75 Å². The second kappa shape index (κ2) is 11.6. The Kier molecular flexibility index (Phi) is 8.13. The van der Waals surface area contributed by atoms with E-state index in [1.807, 2.05) is 0 Å². The van der Waals surface area contributed by atoms with Crippen LogP contribution in [0.15, 0.2) is 48.5 Å². The summed E-state index contributed by atoms with van der Waals surface area (Å²) >= 11 is 1.10. The zero-order valence-corrected chi connectivity index (χ0v) is 20.7. The van der Waals surface area contributed by atoms with Crippen molar-refractivity contribution in [2.75, 3.05) is 42.7 Å². The van der Waals surface area contributed by atoms with Crippen LogP contribution < -0.4 is 26.4 Å². The first-order valence-corrected chi connectivity index (χ1v) is 12.4. The summed E-state index contributed by atoms with van der Waals surface area (Å²) in [6.45, 7) is 2.24. The van der Waals surface area contributed by atoms with E-state index in [-0.39, 0.29) is 16.6 Å². The van der Waals surface area contributed by atoms with Crippen molar-refractivity contribution in [1.29, 1.82) is 0 Å². The summed E-state index contributed by atoms with van der Waals surface area (Å²) in [5.74, 6) is -0.556. The largest absolute Gasteiger partial charge is 0.497 e. The Balaban J connectivity index is 1.38. The van der Waals surface area contributed by atoms with Crippen LogP contribution in [-0.2, 0) is 4.79 Å². The molecule has 5 N–H and O–H groups in total. The number of carbonyl (C=O) groups is 3. The molecule has 1 fully saturated rings. The number of anilines is 4. The van der Waals surface area contributed by atoms with E-state index in [1.165, 1.54) is 6.42 Å². The Labute approximate surface area is 212 Å². The molecule has 11 heteroatoms. The lowest BCUT2D eigenvalue weighted by atomic mass is 10.1. The van der Waals surface area contributed by atoms with Crippen LogP contribution in [0.2, 0.25) is 0 Å². The zero-order chi connectivity index (χ0) is 25.5. The highest BCUT2D eigenvalue weighted by molar-refractivity contribution is 7.20. The molecule has 0 atom stereocenters. The van der Waals surface area contributed by atoms with Crippen LogP contribution in [-0.4, -0.2) is 54.3 Å². The number of amides is 3. The van der Waals surface area contributed by atoms with Crippen LogP contribution in [0, 0.1) is 0 Å². The van der Waals surface area contributed by atoms with E-state index in [0.717, 1.165) is 43.0 Å². The number of ether oxygens (including phenoxy) is 1. The second-order valence-corrected chi connectivity index (χ2v) is 9.33. The molecule has 0 aliphatic carbocycles. The van der Waals surface area contributed by atoms with Crippen molar-refractivity contribution in [2.45, 2.75) is 19.3 Å². The monoisotopic (exact) mass is 508 g/mol. The van der Waals surface area contributed by atoms with Gasteiger partial charge in [-0.2, -0.15) is 0 Å². The van der Waals surface area contributed by atoms with Gasteiger partial charge >= 0.3 is 0 Å². The molecule has 10 nitrogen and oxygen atoms in total. The molecule has 0 unspecified atom stereocenters. The van der Waals surface area contributed by atoms with Crippen molar-refractivity contribution in [3.05, 3.63) is 59.8 Å². The third-order valence-corrected chi connectivity index (χ3v) is 6.56. The summed E-state index contributed by atoms with van der Waals surface area (Å²) < 4.78 is 5.14. The number of nitrogens with one attached hydrogen (secondary N) is 3.